The second-order valence-electron chi connectivity index (χ2n) is 6.63. The number of alkyl halides is 3. The number of aliphatic hydroxyl groups excluding tert-OH is 1. The van der Waals surface area contributed by atoms with Crippen molar-refractivity contribution in [3.63, 3.8) is 0 Å². The summed E-state index contributed by atoms with van der Waals surface area (Å²) in [4.78, 5) is 7.65. The van der Waals surface area contributed by atoms with Crippen LogP contribution in [0.25, 0.3) is 22.3 Å². The molecule has 29 heavy (non-hydrogen) atoms. The van der Waals surface area contributed by atoms with E-state index in [1.807, 2.05) is 0 Å². The molecule has 2 unspecified atom stereocenters. The van der Waals surface area contributed by atoms with Crippen molar-refractivity contribution in [3.05, 3.63) is 41.6 Å². The van der Waals surface area contributed by atoms with Crippen molar-refractivity contribution in [2.45, 2.75) is 25.3 Å². The van der Waals surface area contributed by atoms with Crippen LogP contribution in [0.15, 0.2) is 30.5 Å². The molecule has 0 amide bonds. The average molecular weight is 429 g/mol. The number of hydrogen-bond acceptors (Lipinski definition) is 5. The maximum Gasteiger partial charge on any atom is 0.420 e. The highest BCUT2D eigenvalue weighted by Gasteiger charge is 2.37. The van der Waals surface area contributed by atoms with Crippen LogP contribution in [0.3, 0.4) is 0 Å². The number of halogens is 4. The third kappa shape index (κ3) is 4.38. The minimum atomic E-state index is -4.80. The Balaban J connectivity index is 2.23. The number of fused-ring (bicyclic) bond motifs is 1. The molecule has 0 aliphatic heterocycles. The molecule has 1 aromatic carbocycles. The summed E-state index contributed by atoms with van der Waals surface area (Å²) in [6.45, 7) is 2.79. The Kier molecular flexibility index (Phi) is 5.86. The zero-order valence-corrected chi connectivity index (χ0v) is 16.4. The minimum absolute atomic E-state index is 0.0534. The van der Waals surface area contributed by atoms with E-state index in [-0.39, 0.29) is 29.0 Å². The van der Waals surface area contributed by atoms with Crippen LogP contribution in [-0.2, 0) is 16.9 Å². The maximum atomic E-state index is 15.2. The molecule has 0 saturated heterocycles. The highest BCUT2D eigenvalue weighted by atomic mass is 31.1. The van der Waals surface area contributed by atoms with Gasteiger partial charge in [0.05, 0.1) is 12.1 Å². The van der Waals surface area contributed by atoms with Crippen molar-refractivity contribution in [2.75, 3.05) is 18.6 Å². The summed E-state index contributed by atoms with van der Waals surface area (Å²) in [6, 6.07) is 5.52. The summed E-state index contributed by atoms with van der Waals surface area (Å²) in [5.74, 6) is -0.170. The fourth-order valence-electron chi connectivity index (χ4n) is 2.94. The first-order valence-corrected chi connectivity index (χ1v) is 10.5. The molecule has 3 aromatic rings. The van der Waals surface area contributed by atoms with Crippen LogP contribution in [0.5, 0.6) is 0 Å². The molecule has 0 spiro atoms. The molecule has 0 aliphatic rings. The van der Waals surface area contributed by atoms with Crippen LogP contribution in [0.1, 0.15) is 18.1 Å². The fraction of sp³-hybridized carbons (Fsp3) is 0.333. The van der Waals surface area contributed by atoms with Crippen LogP contribution in [-0.4, -0.2) is 39.2 Å². The summed E-state index contributed by atoms with van der Waals surface area (Å²) >= 11 is 0. The van der Waals surface area contributed by atoms with Gasteiger partial charge in [0.15, 0.2) is 6.16 Å². The Hall–Kier alpha value is -2.58. The molecule has 2 atom stereocenters. The molecule has 2 heterocycles. The first-order chi connectivity index (χ1) is 13.6. The van der Waals surface area contributed by atoms with E-state index in [1.54, 1.807) is 25.1 Å². The molecule has 2 N–H and O–H groups in total. The Morgan fingerprint density at radius 3 is 2.69 bits per heavy atom. The van der Waals surface area contributed by atoms with Crippen molar-refractivity contribution in [2.24, 2.45) is 0 Å². The molecule has 0 aliphatic carbocycles. The molecule has 2 aromatic heterocycles. The fourth-order valence-corrected chi connectivity index (χ4v) is 3.68. The van der Waals surface area contributed by atoms with Gasteiger partial charge >= 0.3 is 14.0 Å². The summed E-state index contributed by atoms with van der Waals surface area (Å²) < 4.78 is 67.4. The molecule has 0 fully saturated rings. The molecule has 154 valence electrons. The Morgan fingerprint density at radius 1 is 1.34 bits per heavy atom. The van der Waals surface area contributed by atoms with E-state index in [0.29, 0.717) is 17.1 Å². The number of nitrogens with zero attached hydrogens (tertiary/aromatic N) is 3. The van der Waals surface area contributed by atoms with E-state index in [4.69, 9.17) is 5.11 Å². The van der Waals surface area contributed by atoms with Gasteiger partial charge in [-0.1, -0.05) is 27.2 Å². The SMILES string of the molecule is CC(CO)Nc1ncc(C(F)(F)F)c(-c2cc3cccc(C[P+](C)=O)c3n2F)n1. The van der Waals surface area contributed by atoms with E-state index in [2.05, 4.69) is 15.3 Å². The first kappa shape index (κ1) is 21.1. The zero-order valence-electron chi connectivity index (χ0n) is 15.5. The van der Waals surface area contributed by atoms with Gasteiger partial charge in [0.2, 0.25) is 5.95 Å². The molecular weight excluding hydrogens is 411 g/mol. The van der Waals surface area contributed by atoms with Gasteiger partial charge in [-0.2, -0.15) is 18.0 Å². The number of aromatic nitrogens is 3. The predicted octanol–water partition coefficient (Wildman–Crippen LogP) is 4.60. The maximum absolute atomic E-state index is 15.2. The number of aliphatic hydroxyl groups is 1. The second-order valence-corrected chi connectivity index (χ2v) is 8.21. The molecular formula is C18H18F4N4O2P+. The molecule has 0 bridgehead atoms. The molecule has 0 radical (unpaired) electrons. The van der Waals surface area contributed by atoms with Crippen LogP contribution in [0.4, 0.5) is 23.6 Å². The lowest BCUT2D eigenvalue weighted by atomic mass is 10.1. The normalized spacial score (nSPS) is 13.6. The van der Waals surface area contributed by atoms with Crippen molar-refractivity contribution in [1.82, 2.24) is 14.8 Å². The number of para-hydroxylation sites is 1. The molecule has 3 rings (SSSR count). The van der Waals surface area contributed by atoms with E-state index in [0.717, 1.165) is 0 Å². The summed E-state index contributed by atoms with van der Waals surface area (Å²) in [5, 5.41) is 12.1. The highest BCUT2D eigenvalue weighted by Crippen LogP contribution is 2.39. The van der Waals surface area contributed by atoms with Gasteiger partial charge in [-0.05, 0) is 13.0 Å². The largest absolute Gasteiger partial charge is 0.420 e. The van der Waals surface area contributed by atoms with Crippen molar-refractivity contribution >= 4 is 24.7 Å². The average Bonchev–Trinajstić information content (AvgIpc) is 2.98. The quantitative estimate of drug-likeness (QED) is 0.442. The van der Waals surface area contributed by atoms with Crippen LogP contribution in [0.2, 0.25) is 0 Å². The minimum Gasteiger partial charge on any atom is -0.394 e. The van der Waals surface area contributed by atoms with Crippen LogP contribution >= 0.6 is 7.80 Å². The van der Waals surface area contributed by atoms with Crippen molar-refractivity contribution < 1.29 is 27.3 Å². The van der Waals surface area contributed by atoms with Crippen LogP contribution in [0, 0.1) is 0 Å². The van der Waals surface area contributed by atoms with Gasteiger partial charge in [-0.25, -0.2) is 9.97 Å². The Bertz CT molecular complexity index is 1070. The van der Waals surface area contributed by atoms with Gasteiger partial charge in [-0.15, -0.1) is 0 Å². The van der Waals surface area contributed by atoms with Gasteiger partial charge in [0.1, 0.15) is 23.6 Å². The van der Waals surface area contributed by atoms with E-state index in [1.165, 1.54) is 12.7 Å². The smallest absolute Gasteiger partial charge is 0.394 e. The van der Waals surface area contributed by atoms with Crippen LogP contribution < -0.4 is 5.32 Å². The Morgan fingerprint density at radius 2 is 2.07 bits per heavy atom. The predicted molar refractivity (Wildman–Crippen MR) is 102 cm³/mol. The lowest BCUT2D eigenvalue weighted by Gasteiger charge is -2.15. The molecule has 0 saturated carbocycles. The van der Waals surface area contributed by atoms with Gasteiger partial charge in [-0.3, -0.25) is 0 Å². The topological polar surface area (TPSA) is 80.0 Å². The van der Waals surface area contributed by atoms with E-state index < -0.39 is 37.0 Å². The standard InChI is InChI=1S/C18H18F4N4O2P/c1-10(8-27)24-17-23-7-13(18(19,20)21)15(25-17)14-6-11-4-3-5-12(9-29(2)28)16(11)26(14)22/h3-7,10,27H,8-9H2,1-2H3,(H,23,24,25)/q+1. The van der Waals surface area contributed by atoms with Gasteiger partial charge in [0.25, 0.3) is 0 Å². The summed E-state index contributed by atoms with van der Waals surface area (Å²) in [7, 11) is -1.62. The second kappa shape index (κ2) is 8.04. The Labute approximate surface area is 164 Å². The monoisotopic (exact) mass is 429 g/mol. The number of anilines is 1. The van der Waals surface area contributed by atoms with Crippen molar-refractivity contribution in [1.29, 1.82) is 0 Å². The number of hydrogen-bond donors (Lipinski definition) is 2. The van der Waals surface area contributed by atoms with E-state index in [9.17, 15) is 17.7 Å². The van der Waals surface area contributed by atoms with Gasteiger partial charge in [0, 0.05) is 23.2 Å². The third-order valence-corrected chi connectivity index (χ3v) is 5.02. The number of rotatable bonds is 6. The lowest BCUT2D eigenvalue weighted by Crippen LogP contribution is -2.22. The summed E-state index contributed by atoms with van der Waals surface area (Å²) in [6.07, 6.45) is -4.13. The zero-order chi connectivity index (χ0) is 21.3. The molecule has 6 nitrogen and oxygen atoms in total. The third-order valence-electron chi connectivity index (χ3n) is 4.23. The number of benzene rings is 1. The molecule has 11 heteroatoms. The van der Waals surface area contributed by atoms with E-state index >= 15 is 4.48 Å². The summed E-state index contributed by atoms with van der Waals surface area (Å²) in [5.41, 5.74) is -1.74. The van der Waals surface area contributed by atoms with Crippen molar-refractivity contribution in [3.8, 4) is 11.4 Å². The lowest BCUT2D eigenvalue weighted by molar-refractivity contribution is -0.137. The first-order valence-electron chi connectivity index (χ1n) is 8.61. The highest BCUT2D eigenvalue weighted by molar-refractivity contribution is 7.42. The number of nitrogens with one attached hydrogen (secondary N) is 1. The van der Waals surface area contributed by atoms with Gasteiger partial charge < -0.3 is 10.4 Å².